The molecule has 0 radical (unpaired) electrons. The Labute approximate surface area is 183 Å². The number of hydrogen-bond donors (Lipinski definition) is 2. The normalized spacial score (nSPS) is 17.4. The molecule has 3 rings (SSSR count). The molecule has 11 heteroatoms. The first-order chi connectivity index (χ1) is 13.4. The Morgan fingerprint density at radius 1 is 1.24 bits per heavy atom. The molecule has 1 saturated heterocycles. The lowest BCUT2D eigenvalue weighted by Gasteiger charge is -2.31. The molecule has 158 valence electrons. The number of piperidine rings is 1. The van der Waals surface area contributed by atoms with Crippen LogP contribution in [0.25, 0.3) is 0 Å². The molecule has 1 unspecified atom stereocenters. The first kappa shape index (κ1) is 23.0. The Balaban J connectivity index is 0.00000300. The van der Waals surface area contributed by atoms with E-state index in [1.54, 1.807) is 18.5 Å². The van der Waals surface area contributed by atoms with Crippen molar-refractivity contribution in [2.75, 3.05) is 29.9 Å². The van der Waals surface area contributed by atoms with E-state index in [4.69, 9.17) is 5.73 Å². The van der Waals surface area contributed by atoms with E-state index in [1.165, 1.54) is 24.3 Å². The minimum Gasteiger partial charge on any atom is -0.406 e. The summed E-state index contributed by atoms with van der Waals surface area (Å²) in [6.07, 6.45) is 0.776. The lowest BCUT2D eigenvalue weighted by atomic mass is 9.98. The van der Waals surface area contributed by atoms with E-state index in [1.807, 2.05) is 0 Å². The third-order valence-corrected chi connectivity index (χ3v) is 4.23. The molecular formula is C18H22F3IN6O. The van der Waals surface area contributed by atoms with Crippen LogP contribution in [0.1, 0.15) is 12.8 Å². The minimum absolute atomic E-state index is 0. The largest absolute Gasteiger partial charge is 0.573 e. The molecule has 0 saturated carbocycles. The van der Waals surface area contributed by atoms with Gasteiger partial charge in [-0.25, -0.2) is 9.97 Å². The van der Waals surface area contributed by atoms with Crippen LogP contribution in [0.5, 0.6) is 5.75 Å². The summed E-state index contributed by atoms with van der Waals surface area (Å²) < 4.78 is 40.4. The number of nitrogens with one attached hydrogen (secondary N) is 1. The van der Waals surface area contributed by atoms with Gasteiger partial charge in [0.15, 0.2) is 5.96 Å². The Hall–Kier alpha value is -2.31. The summed E-state index contributed by atoms with van der Waals surface area (Å²) in [5, 5.41) is 2.87. The summed E-state index contributed by atoms with van der Waals surface area (Å²) in [6, 6.07) is 7.09. The number of ether oxygens (including phenoxy) is 1. The molecule has 1 fully saturated rings. The maximum Gasteiger partial charge on any atom is 0.573 e. The molecule has 1 aromatic carbocycles. The second-order valence-electron chi connectivity index (χ2n) is 6.43. The molecule has 2 aromatic rings. The number of rotatable bonds is 5. The van der Waals surface area contributed by atoms with Gasteiger partial charge >= 0.3 is 6.36 Å². The lowest BCUT2D eigenvalue weighted by molar-refractivity contribution is -0.274. The summed E-state index contributed by atoms with van der Waals surface area (Å²) in [5.41, 5.74) is 6.42. The zero-order valence-electron chi connectivity index (χ0n) is 15.5. The van der Waals surface area contributed by atoms with Crippen molar-refractivity contribution in [2.45, 2.75) is 19.2 Å². The predicted molar refractivity (Wildman–Crippen MR) is 116 cm³/mol. The van der Waals surface area contributed by atoms with Gasteiger partial charge in [0, 0.05) is 37.7 Å². The quantitative estimate of drug-likeness (QED) is 0.355. The topological polar surface area (TPSA) is 88.7 Å². The van der Waals surface area contributed by atoms with Crippen molar-refractivity contribution in [3.05, 3.63) is 42.7 Å². The highest BCUT2D eigenvalue weighted by Gasteiger charge is 2.31. The second kappa shape index (κ2) is 10.5. The maximum atomic E-state index is 12.2. The standard InChI is InChI=1S/C18H21F3N6O.HI/c19-18(20,21)28-15-6-4-14(5-7-15)26-16(22)25-11-13-3-1-10-27(12-13)17-23-8-2-9-24-17;/h2,4-9,13H,1,3,10-12H2,(H3,22,25,26);1H. The molecular weight excluding hydrogens is 500 g/mol. The fraction of sp³-hybridized carbons (Fsp3) is 0.389. The van der Waals surface area contributed by atoms with Crippen LogP contribution in [0.4, 0.5) is 24.8 Å². The van der Waals surface area contributed by atoms with Crippen LogP contribution in [0.15, 0.2) is 47.7 Å². The SMILES string of the molecule is I.NC(=NCC1CCCN(c2ncccn2)C1)Nc1ccc(OC(F)(F)F)cc1. The molecule has 1 aliphatic heterocycles. The Morgan fingerprint density at radius 3 is 2.59 bits per heavy atom. The molecule has 7 nitrogen and oxygen atoms in total. The predicted octanol–water partition coefficient (Wildman–Crippen LogP) is 3.64. The number of guanidine groups is 1. The van der Waals surface area contributed by atoms with E-state index < -0.39 is 6.36 Å². The number of benzene rings is 1. The van der Waals surface area contributed by atoms with E-state index in [0.29, 0.717) is 24.1 Å². The van der Waals surface area contributed by atoms with E-state index in [9.17, 15) is 13.2 Å². The first-order valence-corrected chi connectivity index (χ1v) is 8.84. The van der Waals surface area contributed by atoms with Gasteiger partial charge in [0.2, 0.25) is 5.95 Å². The van der Waals surface area contributed by atoms with Crippen LogP contribution < -0.4 is 20.7 Å². The van der Waals surface area contributed by atoms with E-state index in [-0.39, 0.29) is 35.7 Å². The van der Waals surface area contributed by atoms with Gasteiger partial charge in [0.1, 0.15) is 5.75 Å². The number of hydrogen-bond acceptors (Lipinski definition) is 5. The van der Waals surface area contributed by atoms with Gasteiger partial charge in [-0.2, -0.15) is 0 Å². The third-order valence-electron chi connectivity index (χ3n) is 4.23. The second-order valence-corrected chi connectivity index (χ2v) is 6.43. The van der Waals surface area contributed by atoms with Gasteiger partial charge in [-0.1, -0.05) is 0 Å². The van der Waals surface area contributed by atoms with E-state index in [2.05, 4.69) is 29.9 Å². The maximum absolute atomic E-state index is 12.2. The number of nitrogens with zero attached hydrogens (tertiary/aromatic N) is 4. The molecule has 2 heterocycles. The van der Waals surface area contributed by atoms with Gasteiger partial charge in [0.25, 0.3) is 0 Å². The smallest absolute Gasteiger partial charge is 0.406 e. The molecule has 29 heavy (non-hydrogen) atoms. The molecule has 0 bridgehead atoms. The number of aromatic nitrogens is 2. The minimum atomic E-state index is -4.71. The fourth-order valence-corrected chi connectivity index (χ4v) is 3.01. The summed E-state index contributed by atoms with van der Waals surface area (Å²) in [4.78, 5) is 15.0. The van der Waals surface area contributed by atoms with Crippen molar-refractivity contribution >= 4 is 41.6 Å². The van der Waals surface area contributed by atoms with Gasteiger partial charge < -0.3 is 20.7 Å². The zero-order valence-corrected chi connectivity index (χ0v) is 17.8. The van der Waals surface area contributed by atoms with Crippen LogP contribution in [0.3, 0.4) is 0 Å². The number of alkyl halides is 3. The van der Waals surface area contributed by atoms with Crippen LogP contribution in [-0.2, 0) is 0 Å². The van der Waals surface area contributed by atoms with Gasteiger partial charge in [-0.3, -0.25) is 4.99 Å². The number of anilines is 2. The molecule has 1 aliphatic rings. The highest BCUT2D eigenvalue weighted by atomic mass is 127. The van der Waals surface area contributed by atoms with Gasteiger partial charge in [-0.05, 0) is 49.1 Å². The highest BCUT2D eigenvalue weighted by molar-refractivity contribution is 14.0. The third kappa shape index (κ3) is 7.55. The lowest BCUT2D eigenvalue weighted by Crippen LogP contribution is -2.38. The van der Waals surface area contributed by atoms with Gasteiger partial charge in [0.05, 0.1) is 0 Å². The van der Waals surface area contributed by atoms with Crippen molar-refractivity contribution < 1.29 is 17.9 Å². The highest BCUT2D eigenvalue weighted by Crippen LogP contribution is 2.24. The van der Waals surface area contributed by atoms with Crippen molar-refractivity contribution in [1.29, 1.82) is 0 Å². The van der Waals surface area contributed by atoms with Crippen LogP contribution >= 0.6 is 24.0 Å². The molecule has 1 atom stereocenters. The molecule has 0 amide bonds. The number of nitrogens with two attached hydrogens (primary N) is 1. The van der Waals surface area contributed by atoms with Crippen molar-refractivity contribution in [2.24, 2.45) is 16.6 Å². The van der Waals surface area contributed by atoms with E-state index in [0.717, 1.165) is 25.9 Å². The average Bonchev–Trinajstić information content (AvgIpc) is 2.68. The summed E-state index contributed by atoms with van der Waals surface area (Å²) >= 11 is 0. The van der Waals surface area contributed by atoms with Crippen molar-refractivity contribution in [3.8, 4) is 5.75 Å². The van der Waals surface area contributed by atoms with Crippen molar-refractivity contribution in [1.82, 2.24) is 9.97 Å². The fourth-order valence-electron chi connectivity index (χ4n) is 3.01. The van der Waals surface area contributed by atoms with Gasteiger partial charge in [-0.15, -0.1) is 37.1 Å². The number of halogens is 4. The molecule has 0 spiro atoms. The van der Waals surface area contributed by atoms with Crippen LogP contribution in [-0.4, -0.2) is 41.9 Å². The Kier molecular flexibility index (Phi) is 8.29. The summed E-state index contributed by atoms with van der Waals surface area (Å²) in [6.45, 7) is 2.24. The summed E-state index contributed by atoms with van der Waals surface area (Å²) in [7, 11) is 0. The van der Waals surface area contributed by atoms with Crippen LogP contribution in [0.2, 0.25) is 0 Å². The summed E-state index contributed by atoms with van der Waals surface area (Å²) in [5.74, 6) is 0.945. The molecule has 1 aromatic heterocycles. The first-order valence-electron chi connectivity index (χ1n) is 8.84. The molecule has 3 N–H and O–H groups in total. The Morgan fingerprint density at radius 2 is 1.93 bits per heavy atom. The molecule has 0 aliphatic carbocycles. The monoisotopic (exact) mass is 522 g/mol. The average molecular weight is 522 g/mol. The van der Waals surface area contributed by atoms with Crippen molar-refractivity contribution in [3.63, 3.8) is 0 Å². The number of aliphatic imine (C=N–C) groups is 1. The Bertz CT molecular complexity index is 788. The van der Waals surface area contributed by atoms with E-state index >= 15 is 0 Å². The van der Waals surface area contributed by atoms with Crippen LogP contribution in [0, 0.1) is 5.92 Å². The zero-order chi connectivity index (χ0) is 20.0.